The van der Waals surface area contributed by atoms with E-state index in [0.717, 1.165) is 4.47 Å². The molecular formula is C12H12BrClN2O. The lowest BCUT2D eigenvalue weighted by Gasteiger charge is -2.18. The highest BCUT2D eigenvalue weighted by atomic mass is 79.9. The Kier molecular flexibility index (Phi) is 4.98. The second-order valence-electron chi connectivity index (χ2n) is 3.87. The summed E-state index contributed by atoms with van der Waals surface area (Å²) < 4.78 is 0.759. The van der Waals surface area contributed by atoms with Crippen LogP contribution in [0.15, 0.2) is 22.7 Å². The lowest BCUT2D eigenvalue weighted by Crippen LogP contribution is -2.30. The Bertz CT molecular complexity index is 450. The molecule has 0 fully saturated rings. The molecule has 1 unspecified atom stereocenters. The van der Waals surface area contributed by atoms with Crippen LogP contribution < -0.4 is 0 Å². The van der Waals surface area contributed by atoms with Gasteiger partial charge in [0.05, 0.1) is 12.0 Å². The molecule has 0 bridgehead atoms. The molecule has 1 rings (SSSR count). The van der Waals surface area contributed by atoms with Crippen LogP contribution in [0.25, 0.3) is 0 Å². The number of halogens is 2. The van der Waals surface area contributed by atoms with E-state index in [4.69, 9.17) is 16.9 Å². The second kappa shape index (κ2) is 6.04. The minimum atomic E-state index is -0.188. The van der Waals surface area contributed by atoms with Crippen molar-refractivity contribution < 1.29 is 4.79 Å². The zero-order chi connectivity index (χ0) is 13.0. The Labute approximate surface area is 114 Å². The van der Waals surface area contributed by atoms with Crippen molar-refractivity contribution in [3.63, 3.8) is 0 Å². The maximum absolute atomic E-state index is 12.0. The summed E-state index contributed by atoms with van der Waals surface area (Å²) in [6, 6.07) is 7.14. The highest BCUT2D eigenvalue weighted by Crippen LogP contribution is 2.20. The zero-order valence-corrected chi connectivity index (χ0v) is 11.9. The van der Waals surface area contributed by atoms with Crippen molar-refractivity contribution in [2.75, 3.05) is 13.6 Å². The summed E-state index contributed by atoms with van der Waals surface area (Å²) in [7, 11) is 1.67. The van der Waals surface area contributed by atoms with Gasteiger partial charge in [-0.05, 0) is 25.1 Å². The minimum Gasteiger partial charge on any atom is -0.340 e. The molecule has 1 amide bonds. The van der Waals surface area contributed by atoms with Crippen molar-refractivity contribution in [3.05, 3.63) is 33.3 Å². The van der Waals surface area contributed by atoms with Gasteiger partial charge in [0.1, 0.15) is 0 Å². The maximum atomic E-state index is 12.0. The van der Waals surface area contributed by atoms with Crippen molar-refractivity contribution >= 4 is 33.4 Å². The van der Waals surface area contributed by atoms with E-state index in [0.29, 0.717) is 17.1 Å². The average Bonchev–Trinajstić information content (AvgIpc) is 2.26. The molecule has 0 saturated heterocycles. The van der Waals surface area contributed by atoms with Gasteiger partial charge in [0.2, 0.25) is 0 Å². The fraction of sp³-hybridized carbons (Fsp3) is 0.333. The Morgan fingerprint density at radius 2 is 2.24 bits per heavy atom. The number of nitriles is 1. The summed E-state index contributed by atoms with van der Waals surface area (Å²) in [4.78, 5) is 13.6. The molecule has 1 aromatic carbocycles. The van der Waals surface area contributed by atoms with Crippen LogP contribution >= 0.6 is 27.5 Å². The molecule has 0 heterocycles. The van der Waals surface area contributed by atoms with Gasteiger partial charge in [-0.3, -0.25) is 4.79 Å². The molecule has 0 spiro atoms. The fourth-order valence-electron chi connectivity index (χ4n) is 1.43. The quantitative estimate of drug-likeness (QED) is 0.858. The number of benzene rings is 1. The number of carbonyl (C=O) groups is 1. The van der Waals surface area contributed by atoms with Crippen molar-refractivity contribution in [3.8, 4) is 6.07 Å². The number of hydrogen-bond donors (Lipinski definition) is 0. The largest absolute Gasteiger partial charge is 0.340 e. The van der Waals surface area contributed by atoms with Gasteiger partial charge in [-0.15, -0.1) is 0 Å². The first-order valence-corrected chi connectivity index (χ1v) is 6.22. The van der Waals surface area contributed by atoms with Gasteiger partial charge in [-0.2, -0.15) is 5.26 Å². The highest BCUT2D eigenvalue weighted by Gasteiger charge is 2.15. The molecule has 0 aromatic heterocycles. The van der Waals surface area contributed by atoms with E-state index in [1.165, 1.54) is 4.90 Å². The van der Waals surface area contributed by atoms with Crippen LogP contribution in [-0.4, -0.2) is 24.4 Å². The Balaban J connectivity index is 2.86. The Morgan fingerprint density at radius 3 is 2.76 bits per heavy atom. The zero-order valence-electron chi connectivity index (χ0n) is 9.58. The van der Waals surface area contributed by atoms with Crippen LogP contribution in [0.5, 0.6) is 0 Å². The summed E-state index contributed by atoms with van der Waals surface area (Å²) in [6.07, 6.45) is 0. The summed E-state index contributed by atoms with van der Waals surface area (Å²) in [5.41, 5.74) is 0.511. The molecule has 90 valence electrons. The molecule has 1 atom stereocenters. The number of carbonyl (C=O) groups excluding carboxylic acids is 1. The predicted molar refractivity (Wildman–Crippen MR) is 70.9 cm³/mol. The van der Waals surface area contributed by atoms with Gasteiger partial charge in [0, 0.05) is 28.7 Å². The van der Waals surface area contributed by atoms with Crippen LogP contribution in [0.2, 0.25) is 5.02 Å². The number of hydrogen-bond acceptors (Lipinski definition) is 2. The van der Waals surface area contributed by atoms with Crippen LogP contribution in [-0.2, 0) is 0 Å². The molecule has 0 N–H and O–H groups in total. The molecular weight excluding hydrogens is 304 g/mol. The minimum absolute atomic E-state index is 0.143. The van der Waals surface area contributed by atoms with Crippen molar-refractivity contribution in [1.29, 1.82) is 5.26 Å². The monoisotopic (exact) mass is 314 g/mol. The van der Waals surface area contributed by atoms with Gasteiger partial charge in [-0.25, -0.2) is 0 Å². The lowest BCUT2D eigenvalue weighted by molar-refractivity contribution is 0.0785. The van der Waals surface area contributed by atoms with Gasteiger partial charge < -0.3 is 4.90 Å². The maximum Gasteiger partial charge on any atom is 0.253 e. The topological polar surface area (TPSA) is 44.1 Å². The first kappa shape index (κ1) is 14.0. The third-order valence-corrected chi connectivity index (χ3v) is 2.90. The Morgan fingerprint density at radius 1 is 1.59 bits per heavy atom. The summed E-state index contributed by atoms with van der Waals surface area (Å²) in [6.45, 7) is 2.18. The standard InChI is InChI=1S/C12H12BrClN2O/c1-8(6-15)7-16(2)12(17)9-3-10(13)5-11(14)4-9/h3-5,8H,7H2,1-2H3. The molecule has 0 saturated carbocycles. The molecule has 0 radical (unpaired) electrons. The van der Waals surface area contributed by atoms with E-state index in [1.807, 2.05) is 0 Å². The van der Waals surface area contributed by atoms with Gasteiger partial charge in [0.15, 0.2) is 0 Å². The van der Waals surface area contributed by atoms with Crippen molar-refractivity contribution in [2.45, 2.75) is 6.92 Å². The molecule has 0 aliphatic heterocycles. The van der Waals surface area contributed by atoms with E-state index >= 15 is 0 Å². The second-order valence-corrected chi connectivity index (χ2v) is 5.23. The van der Waals surface area contributed by atoms with E-state index in [2.05, 4.69) is 22.0 Å². The van der Waals surface area contributed by atoms with Gasteiger partial charge in [-0.1, -0.05) is 27.5 Å². The summed E-state index contributed by atoms with van der Waals surface area (Å²) in [5.74, 6) is -0.332. The van der Waals surface area contributed by atoms with Crippen molar-refractivity contribution in [2.24, 2.45) is 5.92 Å². The predicted octanol–water partition coefficient (Wildman–Crippen LogP) is 3.33. The first-order valence-electron chi connectivity index (χ1n) is 5.05. The fourth-order valence-corrected chi connectivity index (χ4v) is 2.29. The van der Waals surface area contributed by atoms with Crippen LogP contribution in [0.4, 0.5) is 0 Å². The average molecular weight is 316 g/mol. The van der Waals surface area contributed by atoms with E-state index in [9.17, 15) is 4.79 Å². The molecule has 0 aliphatic carbocycles. The smallest absolute Gasteiger partial charge is 0.253 e. The third kappa shape index (κ3) is 4.03. The van der Waals surface area contributed by atoms with Gasteiger partial charge in [0.25, 0.3) is 5.91 Å². The molecule has 3 nitrogen and oxygen atoms in total. The molecule has 1 aromatic rings. The number of amides is 1. The third-order valence-electron chi connectivity index (χ3n) is 2.22. The molecule has 0 aliphatic rings. The van der Waals surface area contributed by atoms with E-state index in [-0.39, 0.29) is 11.8 Å². The van der Waals surface area contributed by atoms with Crippen LogP contribution in [0.1, 0.15) is 17.3 Å². The number of rotatable bonds is 3. The van der Waals surface area contributed by atoms with Crippen molar-refractivity contribution in [1.82, 2.24) is 4.90 Å². The summed E-state index contributed by atoms with van der Waals surface area (Å²) >= 11 is 9.17. The lowest BCUT2D eigenvalue weighted by atomic mass is 10.1. The van der Waals surface area contributed by atoms with Gasteiger partial charge >= 0.3 is 0 Å². The molecule has 17 heavy (non-hydrogen) atoms. The Hall–Kier alpha value is -1.05. The van der Waals surface area contributed by atoms with E-state index < -0.39 is 0 Å². The van der Waals surface area contributed by atoms with Crippen LogP contribution in [0.3, 0.4) is 0 Å². The number of nitrogens with zero attached hydrogens (tertiary/aromatic N) is 2. The summed E-state index contributed by atoms with van der Waals surface area (Å²) in [5, 5.41) is 9.21. The van der Waals surface area contributed by atoms with Crippen LogP contribution in [0, 0.1) is 17.2 Å². The normalized spacial score (nSPS) is 11.7. The molecule has 5 heteroatoms. The van der Waals surface area contributed by atoms with E-state index in [1.54, 1.807) is 32.2 Å². The highest BCUT2D eigenvalue weighted by molar-refractivity contribution is 9.10. The SMILES string of the molecule is CC(C#N)CN(C)C(=O)c1cc(Cl)cc(Br)c1. The first-order chi connectivity index (χ1) is 7.93.